The van der Waals surface area contributed by atoms with Gasteiger partial charge in [-0.3, -0.25) is 4.79 Å². The van der Waals surface area contributed by atoms with Crippen LogP contribution in [-0.4, -0.2) is 123 Å². The molecule has 3 aliphatic heterocycles. The van der Waals surface area contributed by atoms with Crippen molar-refractivity contribution in [1.29, 1.82) is 0 Å². The van der Waals surface area contributed by atoms with Crippen molar-refractivity contribution in [2.45, 2.75) is 191 Å². The van der Waals surface area contributed by atoms with Gasteiger partial charge < -0.3 is 57.0 Å². The first kappa shape index (κ1) is 68.2. The molecule has 3 saturated heterocycles. The van der Waals surface area contributed by atoms with Gasteiger partial charge in [0.25, 0.3) is 0 Å². The quantitative estimate of drug-likeness (QED) is 0.0455. The van der Waals surface area contributed by atoms with E-state index >= 15 is 0 Å². The highest BCUT2D eigenvalue weighted by molar-refractivity contribution is 7.32. The van der Waals surface area contributed by atoms with Crippen LogP contribution in [0, 0.1) is 53.3 Å². The fraction of sp³-hybridized carbons (Fsp3) is 0.849. The lowest BCUT2D eigenvalue weighted by molar-refractivity contribution is -0.154. The fourth-order valence-corrected chi connectivity index (χ4v) is 10.4. The molecule has 0 radical (unpaired) electrons. The van der Waals surface area contributed by atoms with Crippen molar-refractivity contribution in [3.8, 4) is 0 Å². The molecule has 13 nitrogen and oxygen atoms in total. The zero-order chi connectivity index (χ0) is 53.1. The topological polar surface area (TPSA) is 158 Å². The Balaban J connectivity index is 0.000000987. The molecule has 69 heavy (non-hydrogen) atoms. The summed E-state index contributed by atoms with van der Waals surface area (Å²) < 4.78 is 50.9. The molecule has 0 aromatic rings. The number of allylic oxidation sites excluding steroid dienone is 3. The minimum Gasteiger partial charge on any atom is -0.481 e. The zero-order valence-corrected chi connectivity index (χ0v) is 49.5. The maximum absolute atomic E-state index is 11.0. The molecule has 0 spiro atoms. The Morgan fingerprint density at radius 2 is 0.841 bits per heavy atom. The first-order valence-electron chi connectivity index (χ1n) is 25.4. The summed E-state index contributed by atoms with van der Waals surface area (Å²) in [5.74, 6) is 0.982. The molecule has 6 unspecified atom stereocenters. The van der Waals surface area contributed by atoms with Gasteiger partial charge in [-0.25, -0.2) is 0 Å². The number of rotatable bonds is 27. The van der Waals surface area contributed by atoms with Gasteiger partial charge in [-0.15, -0.1) is 0 Å². The van der Waals surface area contributed by atoms with Crippen LogP contribution in [0.5, 0.6) is 0 Å². The van der Waals surface area contributed by atoms with E-state index in [2.05, 4.69) is 98.8 Å². The maximum Gasteiger partial charge on any atom is 0.306 e. The number of carboxylic acids is 1. The zero-order valence-electron chi connectivity index (χ0n) is 46.5. The number of hydrogen-bond acceptors (Lipinski definition) is 12. The monoisotopic (exact) mass is 1040 g/mol. The number of hydrogen-bond donors (Lipinski definition) is 2. The van der Waals surface area contributed by atoms with Gasteiger partial charge in [-0.1, -0.05) is 113 Å². The molecule has 3 heterocycles. The number of aliphatic hydroxyl groups is 1. The van der Waals surface area contributed by atoms with E-state index in [4.69, 9.17) is 47.1 Å². The normalized spacial score (nSPS) is 28.2. The van der Waals surface area contributed by atoms with E-state index in [0.717, 1.165) is 24.8 Å². The van der Waals surface area contributed by atoms with E-state index in [1.807, 2.05) is 55.4 Å². The third kappa shape index (κ3) is 27.4. The number of aliphatic hydroxyl groups excluding tert-OH is 1. The molecule has 0 aliphatic carbocycles. The summed E-state index contributed by atoms with van der Waals surface area (Å²) in [5.41, 5.74) is 0. The fourth-order valence-electron chi connectivity index (χ4n) is 8.04. The number of carboxylic acid groups (broad SMARTS) is 1. The van der Waals surface area contributed by atoms with Crippen LogP contribution in [0.2, 0.25) is 0 Å². The summed E-state index contributed by atoms with van der Waals surface area (Å²) in [6.07, 6.45) is 17.5. The van der Waals surface area contributed by atoms with Crippen molar-refractivity contribution in [2.75, 3.05) is 46.4 Å². The number of carbonyl (C=O) groups is 2. The Hall–Kier alpha value is -0.750. The van der Waals surface area contributed by atoms with E-state index in [9.17, 15) is 14.7 Å². The van der Waals surface area contributed by atoms with Gasteiger partial charge >= 0.3 is 5.97 Å². The Morgan fingerprint density at radius 1 is 0.536 bits per heavy atom. The molecule has 18 atom stereocenters. The van der Waals surface area contributed by atoms with Crippen molar-refractivity contribution >= 4 is 38.7 Å². The summed E-state index contributed by atoms with van der Waals surface area (Å²) in [6.45, 7) is 35.2. The predicted molar refractivity (Wildman–Crippen MR) is 288 cm³/mol. The third-order valence-electron chi connectivity index (χ3n) is 12.8. The van der Waals surface area contributed by atoms with E-state index in [-0.39, 0.29) is 61.3 Å². The molecule has 3 rings (SSSR count). The molecule has 3 fully saturated rings. The lowest BCUT2D eigenvalue weighted by atomic mass is 9.92. The highest BCUT2D eigenvalue weighted by atomic mass is 31.1. The van der Waals surface area contributed by atoms with Crippen LogP contribution in [0.1, 0.15) is 137 Å². The first-order chi connectivity index (χ1) is 32.3. The molecule has 3 aliphatic rings. The van der Waals surface area contributed by atoms with Gasteiger partial charge in [-0.05, 0) is 102 Å². The summed E-state index contributed by atoms with van der Waals surface area (Å²) >= 11 is 0. The smallest absolute Gasteiger partial charge is 0.306 e. The van der Waals surface area contributed by atoms with E-state index in [0.29, 0.717) is 74.8 Å². The first-order valence-corrected chi connectivity index (χ1v) is 28.8. The summed E-state index contributed by atoms with van der Waals surface area (Å²) in [6, 6.07) is 0. The molecular formula is C53H101O13P3. The second-order valence-corrected chi connectivity index (χ2v) is 23.6. The Bertz CT molecular complexity index is 1460. The minimum atomic E-state index is -0.861. The van der Waals surface area contributed by atoms with Gasteiger partial charge in [0, 0.05) is 78.5 Å². The van der Waals surface area contributed by atoms with Gasteiger partial charge in [0.05, 0.1) is 43.0 Å². The van der Waals surface area contributed by atoms with Crippen LogP contribution >= 0.6 is 26.4 Å². The lowest BCUT2D eigenvalue weighted by Gasteiger charge is -2.22. The highest BCUT2D eigenvalue weighted by Crippen LogP contribution is 2.37. The molecule has 0 bridgehead atoms. The number of carbonyl (C=O) groups excluding carboxylic acids is 1. The van der Waals surface area contributed by atoms with Crippen LogP contribution in [0.15, 0.2) is 36.5 Å². The standard InChI is InChI=1S/C17H31O5P.C17H33O4P.C17H31O4P.C2H6/c1-11(13(3)10-23-20-6)7-8-12(2)16-14(9-15(18)19)21-17(4,5)22-16;2*1-12(14(3)11-22-19-6)7-8-13(2)16-15(9-10-18)20-17(4,5)21-16;1-2/h7-8,11-14,16,23H,9-10H2,1-6H3,(H,18,19);7-8,12-16,18,22H,9-11H2,1-6H3;7-8,10,12-16,22H,9,11H2,1-6H3;1-2H3/b3*8-7-;/t11-,12?,13+,14+,16-;2*12-,13?,14+,15+,16-;/m111./s1. The molecule has 0 aromatic carbocycles. The second-order valence-electron chi connectivity index (χ2n) is 20.3. The Morgan fingerprint density at radius 3 is 1.14 bits per heavy atom. The van der Waals surface area contributed by atoms with Crippen molar-refractivity contribution < 1.29 is 61.8 Å². The van der Waals surface area contributed by atoms with Crippen molar-refractivity contribution in [3.05, 3.63) is 36.5 Å². The third-order valence-corrected chi connectivity index (χ3v) is 16.1. The Kier molecular flexibility index (Phi) is 35.1. The van der Waals surface area contributed by atoms with Crippen molar-refractivity contribution in [3.63, 3.8) is 0 Å². The number of ether oxygens (including phenoxy) is 6. The molecule has 0 amide bonds. The van der Waals surface area contributed by atoms with Crippen molar-refractivity contribution in [1.82, 2.24) is 0 Å². The van der Waals surface area contributed by atoms with Crippen LogP contribution in [0.25, 0.3) is 0 Å². The minimum absolute atomic E-state index is 0.00163. The highest BCUT2D eigenvalue weighted by Gasteiger charge is 2.45. The number of aldehydes is 1. The molecule has 0 aromatic heterocycles. The Labute approximate surface area is 426 Å². The molecular weight excluding hydrogens is 937 g/mol. The molecule has 2 N–H and O–H groups in total. The van der Waals surface area contributed by atoms with E-state index in [1.165, 1.54) is 0 Å². The van der Waals surface area contributed by atoms with E-state index in [1.54, 1.807) is 21.3 Å². The van der Waals surface area contributed by atoms with Gasteiger partial charge in [0.2, 0.25) is 0 Å². The SMILES string of the molecule is CC.COPC[C@H](C)[C@H](C)/C=C\C(C)[C@H]1OC(C)(C)O[C@H]1CC(=O)O.COPC[C@H](C)[C@H](C)/C=C\C(C)[C@H]1OC(C)(C)O[C@H]1CC=O.COPC[C@H](C)[C@H](C)/C=C\C(C)[C@H]1OC(C)(C)O[C@H]1CCO. The average molecular weight is 1040 g/mol. The van der Waals surface area contributed by atoms with Gasteiger partial charge in [0.15, 0.2) is 17.4 Å². The van der Waals surface area contributed by atoms with E-state index < -0.39 is 29.4 Å². The van der Waals surface area contributed by atoms with Crippen LogP contribution in [0.4, 0.5) is 0 Å². The molecule has 0 saturated carbocycles. The van der Waals surface area contributed by atoms with Gasteiger partial charge in [-0.2, -0.15) is 0 Å². The number of aliphatic carboxylic acids is 1. The van der Waals surface area contributed by atoms with Crippen LogP contribution < -0.4 is 0 Å². The van der Waals surface area contributed by atoms with Gasteiger partial charge in [0.1, 0.15) is 6.29 Å². The van der Waals surface area contributed by atoms with Crippen LogP contribution in [0.3, 0.4) is 0 Å². The summed E-state index contributed by atoms with van der Waals surface area (Å²) in [7, 11) is 6.91. The summed E-state index contributed by atoms with van der Waals surface area (Å²) in [4.78, 5) is 21.9. The molecule has 406 valence electrons. The van der Waals surface area contributed by atoms with Crippen LogP contribution in [-0.2, 0) is 51.6 Å². The largest absolute Gasteiger partial charge is 0.481 e. The predicted octanol–water partition coefficient (Wildman–Crippen LogP) is 12.1. The maximum atomic E-state index is 11.0. The average Bonchev–Trinajstić information content (AvgIpc) is 3.90. The van der Waals surface area contributed by atoms with Crippen molar-refractivity contribution in [2.24, 2.45) is 53.3 Å². The lowest BCUT2D eigenvalue weighted by Crippen LogP contribution is -2.30. The second kappa shape index (κ2) is 35.4. The molecule has 16 heteroatoms. The summed E-state index contributed by atoms with van der Waals surface area (Å²) in [5, 5.41) is 18.3.